The van der Waals surface area contributed by atoms with Crippen molar-refractivity contribution in [3.63, 3.8) is 0 Å². The molecule has 0 bridgehead atoms. The number of carboxylic acid groups (broad SMARTS) is 1. The van der Waals surface area contributed by atoms with Gasteiger partial charge in [0, 0.05) is 20.0 Å². The highest BCUT2D eigenvalue weighted by Gasteiger charge is 2.23. The fraction of sp³-hybridized carbons (Fsp3) is 0.533. The quantitative estimate of drug-likeness (QED) is 0.812. The lowest BCUT2D eigenvalue weighted by Gasteiger charge is -2.19. The molecule has 0 aliphatic carbocycles. The third-order valence-electron chi connectivity index (χ3n) is 3.83. The Kier molecular flexibility index (Phi) is 5.08. The second kappa shape index (κ2) is 6.66. The molecule has 1 aromatic rings. The maximum Gasteiger partial charge on any atom is 0.307 e. The Morgan fingerprint density at radius 3 is 2.86 bits per heavy atom. The van der Waals surface area contributed by atoms with E-state index in [9.17, 15) is 13.2 Å². The van der Waals surface area contributed by atoms with Crippen LogP contribution in [-0.2, 0) is 27.7 Å². The van der Waals surface area contributed by atoms with Gasteiger partial charge in [0.05, 0.1) is 18.3 Å². The standard InChI is InChI=1S/C15H21NO5S/c1-11(15(17)18)10-16(2)22(19,20)8-6-12-3-4-14-13(9-12)5-7-21-14/h3-4,9,11H,5-8,10H2,1-2H3,(H,17,18). The number of ether oxygens (including phenoxy) is 1. The number of aryl methyl sites for hydroxylation is 1. The first-order valence-electron chi connectivity index (χ1n) is 7.21. The van der Waals surface area contributed by atoms with Crippen LogP contribution in [0.3, 0.4) is 0 Å². The highest BCUT2D eigenvalue weighted by molar-refractivity contribution is 7.89. The van der Waals surface area contributed by atoms with Gasteiger partial charge >= 0.3 is 5.97 Å². The van der Waals surface area contributed by atoms with Crippen molar-refractivity contribution in [2.24, 2.45) is 5.92 Å². The van der Waals surface area contributed by atoms with Crippen LogP contribution in [0, 0.1) is 5.92 Å². The Labute approximate surface area is 130 Å². The molecule has 1 aliphatic heterocycles. The van der Waals surface area contributed by atoms with Crippen LogP contribution in [0.5, 0.6) is 5.75 Å². The van der Waals surface area contributed by atoms with Crippen molar-refractivity contribution in [3.05, 3.63) is 29.3 Å². The summed E-state index contributed by atoms with van der Waals surface area (Å²) < 4.78 is 31.0. The normalized spacial score (nSPS) is 15.4. The Bertz CT molecular complexity index is 656. The predicted octanol–water partition coefficient (Wildman–Crippen LogP) is 1.15. The summed E-state index contributed by atoms with van der Waals surface area (Å²) in [4.78, 5) is 10.8. The van der Waals surface area contributed by atoms with Gasteiger partial charge in [-0.05, 0) is 23.6 Å². The average Bonchev–Trinajstić information content (AvgIpc) is 2.92. The van der Waals surface area contributed by atoms with Gasteiger partial charge in [-0.25, -0.2) is 12.7 Å². The maximum absolute atomic E-state index is 12.2. The van der Waals surface area contributed by atoms with E-state index >= 15 is 0 Å². The van der Waals surface area contributed by atoms with Gasteiger partial charge < -0.3 is 9.84 Å². The molecular weight excluding hydrogens is 306 g/mol. The Hall–Kier alpha value is -1.60. The molecule has 2 rings (SSSR count). The molecule has 0 aromatic heterocycles. The molecule has 1 unspecified atom stereocenters. The van der Waals surface area contributed by atoms with Crippen LogP contribution in [0.15, 0.2) is 18.2 Å². The van der Waals surface area contributed by atoms with E-state index in [1.807, 2.05) is 18.2 Å². The van der Waals surface area contributed by atoms with Gasteiger partial charge in [0.2, 0.25) is 10.0 Å². The van der Waals surface area contributed by atoms with Crippen molar-refractivity contribution in [3.8, 4) is 5.75 Å². The first-order chi connectivity index (χ1) is 10.3. The van der Waals surface area contributed by atoms with Crippen LogP contribution in [0.25, 0.3) is 0 Å². The van der Waals surface area contributed by atoms with E-state index in [0.29, 0.717) is 13.0 Å². The van der Waals surface area contributed by atoms with Crippen molar-refractivity contribution in [2.75, 3.05) is 26.0 Å². The topological polar surface area (TPSA) is 83.9 Å². The fourth-order valence-electron chi connectivity index (χ4n) is 2.38. The SMILES string of the molecule is CC(CN(C)S(=O)(=O)CCc1ccc2c(c1)CCO2)C(=O)O. The Morgan fingerprint density at radius 1 is 1.45 bits per heavy atom. The summed E-state index contributed by atoms with van der Waals surface area (Å²) in [6.07, 6.45) is 1.26. The largest absolute Gasteiger partial charge is 0.493 e. The number of benzene rings is 1. The molecule has 0 saturated heterocycles. The van der Waals surface area contributed by atoms with Crippen LogP contribution in [0.1, 0.15) is 18.1 Å². The van der Waals surface area contributed by atoms with E-state index in [-0.39, 0.29) is 12.3 Å². The lowest BCUT2D eigenvalue weighted by molar-refractivity contribution is -0.141. The number of hydrogen-bond donors (Lipinski definition) is 1. The van der Waals surface area contributed by atoms with Crippen molar-refractivity contribution in [1.29, 1.82) is 0 Å². The van der Waals surface area contributed by atoms with E-state index in [0.717, 1.165) is 27.6 Å². The molecule has 0 fully saturated rings. The predicted molar refractivity (Wildman–Crippen MR) is 82.6 cm³/mol. The molecule has 0 radical (unpaired) electrons. The summed E-state index contributed by atoms with van der Waals surface area (Å²) >= 11 is 0. The second-order valence-corrected chi connectivity index (χ2v) is 7.82. The molecule has 0 saturated carbocycles. The lowest BCUT2D eigenvalue weighted by atomic mass is 10.1. The molecule has 6 nitrogen and oxygen atoms in total. The fourth-order valence-corrected chi connectivity index (χ4v) is 3.63. The van der Waals surface area contributed by atoms with Crippen LogP contribution in [-0.4, -0.2) is 49.8 Å². The second-order valence-electron chi connectivity index (χ2n) is 5.63. The van der Waals surface area contributed by atoms with Crippen LogP contribution in [0.4, 0.5) is 0 Å². The zero-order valence-electron chi connectivity index (χ0n) is 12.8. The minimum Gasteiger partial charge on any atom is -0.493 e. The minimum atomic E-state index is -3.46. The third-order valence-corrected chi connectivity index (χ3v) is 5.65. The number of hydrogen-bond acceptors (Lipinski definition) is 4. The summed E-state index contributed by atoms with van der Waals surface area (Å²) in [7, 11) is -2.04. The molecule has 1 atom stereocenters. The number of carboxylic acids is 1. The van der Waals surface area contributed by atoms with Gasteiger partial charge in [0.25, 0.3) is 0 Å². The highest BCUT2D eigenvalue weighted by atomic mass is 32.2. The summed E-state index contributed by atoms with van der Waals surface area (Å²) in [6, 6.07) is 5.73. The van der Waals surface area contributed by atoms with Gasteiger partial charge in [-0.2, -0.15) is 0 Å². The molecule has 1 aliphatic rings. The van der Waals surface area contributed by atoms with Crippen molar-refractivity contribution in [2.45, 2.75) is 19.8 Å². The summed E-state index contributed by atoms with van der Waals surface area (Å²) in [5.74, 6) is -0.883. The van der Waals surface area contributed by atoms with Crippen LogP contribution >= 0.6 is 0 Å². The molecule has 1 N–H and O–H groups in total. The smallest absolute Gasteiger partial charge is 0.307 e. The zero-order valence-corrected chi connectivity index (χ0v) is 13.6. The van der Waals surface area contributed by atoms with Gasteiger partial charge in [0.1, 0.15) is 5.75 Å². The first kappa shape index (κ1) is 16.8. The van der Waals surface area contributed by atoms with E-state index < -0.39 is 21.9 Å². The van der Waals surface area contributed by atoms with E-state index in [1.54, 1.807) is 0 Å². The van der Waals surface area contributed by atoms with Crippen LogP contribution < -0.4 is 4.74 Å². The molecule has 122 valence electrons. The molecule has 1 aromatic carbocycles. The minimum absolute atomic E-state index is 0.0182. The molecule has 22 heavy (non-hydrogen) atoms. The third kappa shape index (κ3) is 3.98. The summed E-state index contributed by atoms with van der Waals surface area (Å²) in [5.41, 5.74) is 2.07. The molecular formula is C15H21NO5S. The molecule has 0 spiro atoms. The first-order valence-corrected chi connectivity index (χ1v) is 8.82. The van der Waals surface area contributed by atoms with Gasteiger partial charge in [-0.15, -0.1) is 0 Å². The lowest BCUT2D eigenvalue weighted by Crippen LogP contribution is -2.35. The van der Waals surface area contributed by atoms with Gasteiger partial charge in [-0.3, -0.25) is 4.79 Å². The van der Waals surface area contributed by atoms with E-state index in [2.05, 4.69) is 0 Å². The van der Waals surface area contributed by atoms with Crippen molar-refractivity contribution >= 4 is 16.0 Å². The Morgan fingerprint density at radius 2 is 2.18 bits per heavy atom. The number of sulfonamides is 1. The van der Waals surface area contributed by atoms with Gasteiger partial charge in [0.15, 0.2) is 0 Å². The molecule has 7 heteroatoms. The van der Waals surface area contributed by atoms with E-state index in [1.165, 1.54) is 14.0 Å². The Balaban J connectivity index is 1.96. The van der Waals surface area contributed by atoms with Crippen molar-refractivity contribution < 1.29 is 23.1 Å². The highest BCUT2D eigenvalue weighted by Crippen LogP contribution is 2.26. The number of aliphatic carboxylic acids is 1. The zero-order chi connectivity index (χ0) is 16.3. The maximum atomic E-state index is 12.2. The number of rotatable bonds is 7. The monoisotopic (exact) mass is 327 g/mol. The van der Waals surface area contributed by atoms with Gasteiger partial charge in [-0.1, -0.05) is 19.1 Å². The molecule has 0 amide bonds. The summed E-state index contributed by atoms with van der Waals surface area (Å²) in [5, 5.41) is 8.86. The summed E-state index contributed by atoms with van der Waals surface area (Å²) in [6.45, 7) is 2.15. The van der Waals surface area contributed by atoms with Crippen LogP contribution in [0.2, 0.25) is 0 Å². The number of fused-ring (bicyclic) bond motifs is 1. The van der Waals surface area contributed by atoms with E-state index in [4.69, 9.17) is 9.84 Å². The number of nitrogens with zero attached hydrogens (tertiary/aromatic N) is 1. The average molecular weight is 327 g/mol. The molecule has 1 heterocycles. The number of carbonyl (C=O) groups is 1. The van der Waals surface area contributed by atoms with Crippen molar-refractivity contribution in [1.82, 2.24) is 4.31 Å².